The molecule has 1 aromatic rings. The van der Waals surface area contributed by atoms with Crippen molar-refractivity contribution in [2.24, 2.45) is 5.92 Å². The minimum atomic E-state index is -0.0434. The summed E-state index contributed by atoms with van der Waals surface area (Å²) in [4.78, 5) is 29.3. The third kappa shape index (κ3) is 3.29. The van der Waals surface area contributed by atoms with Crippen LogP contribution in [-0.2, 0) is 22.6 Å². The monoisotopic (exact) mass is 346 g/mol. The number of aromatic nitrogens is 2. The molecule has 3 aliphatic rings. The molecule has 2 aliphatic heterocycles. The fourth-order valence-electron chi connectivity index (χ4n) is 4.21. The summed E-state index contributed by atoms with van der Waals surface area (Å²) in [5.74, 6) is 0.452. The van der Waals surface area contributed by atoms with Gasteiger partial charge < -0.3 is 14.5 Å². The van der Waals surface area contributed by atoms with Crippen LogP contribution in [-0.4, -0.2) is 64.6 Å². The summed E-state index contributed by atoms with van der Waals surface area (Å²) in [6, 6.07) is 0. The lowest BCUT2D eigenvalue weighted by atomic mass is 10.1. The van der Waals surface area contributed by atoms with Crippen LogP contribution in [0, 0.1) is 5.92 Å². The quantitative estimate of drug-likeness (QED) is 0.877. The van der Waals surface area contributed by atoms with Crippen molar-refractivity contribution >= 4 is 11.8 Å². The zero-order valence-electron chi connectivity index (χ0n) is 14.6. The lowest BCUT2D eigenvalue weighted by molar-refractivity contribution is -0.135. The number of ether oxygens (including phenoxy) is 1. The average molecular weight is 346 g/mol. The van der Waals surface area contributed by atoms with Gasteiger partial charge in [0.25, 0.3) is 5.91 Å². The molecule has 1 saturated heterocycles. The van der Waals surface area contributed by atoms with Gasteiger partial charge in [0.1, 0.15) is 0 Å². The van der Waals surface area contributed by atoms with E-state index in [1.807, 2.05) is 9.80 Å². The van der Waals surface area contributed by atoms with Crippen molar-refractivity contribution in [3.05, 3.63) is 17.0 Å². The van der Waals surface area contributed by atoms with Gasteiger partial charge in [-0.3, -0.25) is 14.7 Å². The molecule has 25 heavy (non-hydrogen) atoms. The molecule has 0 radical (unpaired) electrons. The topological polar surface area (TPSA) is 78.5 Å². The molecule has 0 spiro atoms. The number of rotatable bonds is 2. The predicted molar refractivity (Wildman–Crippen MR) is 91.0 cm³/mol. The van der Waals surface area contributed by atoms with Crippen LogP contribution < -0.4 is 0 Å². The summed E-state index contributed by atoms with van der Waals surface area (Å²) in [5.41, 5.74) is 2.41. The normalized spacial score (nSPS) is 21.9. The van der Waals surface area contributed by atoms with Gasteiger partial charge in [-0.15, -0.1) is 0 Å². The van der Waals surface area contributed by atoms with Crippen molar-refractivity contribution in [3.8, 4) is 0 Å². The SMILES string of the molecule is O=C(c1n[nH]c2c1COCC2)N1CCCN(C(=O)C2CCCC2)CC1. The number of aromatic amines is 1. The van der Waals surface area contributed by atoms with Crippen molar-refractivity contribution in [1.82, 2.24) is 20.0 Å². The second kappa shape index (κ2) is 7.15. The van der Waals surface area contributed by atoms with Crippen LogP contribution >= 0.6 is 0 Å². The molecular formula is C18H26N4O3. The lowest BCUT2D eigenvalue weighted by Gasteiger charge is -2.24. The highest BCUT2D eigenvalue weighted by Crippen LogP contribution is 2.27. The Bertz CT molecular complexity index is 651. The number of fused-ring (bicyclic) bond motifs is 1. The van der Waals surface area contributed by atoms with Crippen LogP contribution in [0.1, 0.15) is 53.8 Å². The largest absolute Gasteiger partial charge is 0.376 e. The van der Waals surface area contributed by atoms with Crippen molar-refractivity contribution in [1.29, 1.82) is 0 Å². The predicted octanol–water partition coefficient (Wildman–Crippen LogP) is 1.35. The van der Waals surface area contributed by atoms with Gasteiger partial charge in [0.05, 0.1) is 13.2 Å². The molecule has 3 heterocycles. The van der Waals surface area contributed by atoms with Gasteiger partial charge in [-0.25, -0.2) is 0 Å². The van der Waals surface area contributed by atoms with Crippen molar-refractivity contribution in [2.75, 3.05) is 32.8 Å². The van der Waals surface area contributed by atoms with Gasteiger partial charge in [-0.1, -0.05) is 12.8 Å². The molecule has 0 aromatic carbocycles. The Kier molecular flexibility index (Phi) is 4.74. The van der Waals surface area contributed by atoms with Crippen molar-refractivity contribution in [2.45, 2.75) is 45.1 Å². The number of H-pyrrole nitrogens is 1. The van der Waals surface area contributed by atoms with Gasteiger partial charge in [-0.05, 0) is 19.3 Å². The molecule has 1 aliphatic carbocycles. The highest BCUT2D eigenvalue weighted by molar-refractivity contribution is 5.94. The lowest BCUT2D eigenvalue weighted by Crippen LogP contribution is -2.39. The number of nitrogens with zero attached hydrogens (tertiary/aromatic N) is 3. The Hall–Kier alpha value is -1.89. The Labute approximate surface area is 147 Å². The minimum absolute atomic E-state index is 0.0434. The van der Waals surface area contributed by atoms with E-state index in [4.69, 9.17) is 4.74 Å². The molecule has 2 fully saturated rings. The summed E-state index contributed by atoms with van der Waals surface area (Å²) < 4.78 is 5.48. The van der Waals surface area contributed by atoms with Crippen LogP contribution in [0.25, 0.3) is 0 Å². The number of carbonyl (C=O) groups is 2. The second-order valence-corrected chi connectivity index (χ2v) is 7.28. The first kappa shape index (κ1) is 16.6. The Morgan fingerprint density at radius 3 is 2.64 bits per heavy atom. The van der Waals surface area contributed by atoms with E-state index in [2.05, 4.69) is 10.2 Å². The van der Waals surface area contributed by atoms with Gasteiger partial charge in [0.15, 0.2) is 5.69 Å². The van der Waals surface area contributed by atoms with Crippen LogP contribution in [0.2, 0.25) is 0 Å². The fourth-order valence-corrected chi connectivity index (χ4v) is 4.21. The first-order chi connectivity index (χ1) is 12.2. The van der Waals surface area contributed by atoms with Crippen molar-refractivity contribution < 1.29 is 14.3 Å². The van der Waals surface area contributed by atoms with E-state index in [9.17, 15) is 9.59 Å². The summed E-state index contributed by atoms with van der Waals surface area (Å²) in [5, 5.41) is 7.23. The number of amides is 2. The van der Waals surface area contributed by atoms with E-state index >= 15 is 0 Å². The van der Waals surface area contributed by atoms with Crippen LogP contribution in [0.15, 0.2) is 0 Å². The van der Waals surface area contributed by atoms with Gasteiger partial charge in [-0.2, -0.15) is 5.10 Å². The van der Waals surface area contributed by atoms with Gasteiger partial charge >= 0.3 is 0 Å². The third-order valence-corrected chi connectivity index (χ3v) is 5.70. The summed E-state index contributed by atoms with van der Waals surface area (Å²) in [6.07, 6.45) is 5.99. The maximum Gasteiger partial charge on any atom is 0.274 e. The first-order valence-corrected chi connectivity index (χ1v) is 9.46. The molecule has 2 amide bonds. The Balaban J connectivity index is 1.41. The third-order valence-electron chi connectivity index (χ3n) is 5.70. The Morgan fingerprint density at radius 2 is 1.80 bits per heavy atom. The maximum atomic E-state index is 12.9. The molecule has 1 N–H and O–H groups in total. The van der Waals surface area contributed by atoms with E-state index in [0.717, 1.165) is 43.5 Å². The zero-order chi connectivity index (χ0) is 17.2. The molecule has 4 rings (SSSR count). The summed E-state index contributed by atoms with van der Waals surface area (Å²) in [6.45, 7) is 3.76. The zero-order valence-corrected chi connectivity index (χ0v) is 14.6. The van der Waals surface area contributed by atoms with Crippen molar-refractivity contribution in [3.63, 3.8) is 0 Å². The number of hydrogen-bond acceptors (Lipinski definition) is 4. The maximum absolute atomic E-state index is 12.9. The summed E-state index contributed by atoms with van der Waals surface area (Å²) >= 11 is 0. The molecule has 7 nitrogen and oxygen atoms in total. The first-order valence-electron chi connectivity index (χ1n) is 9.46. The summed E-state index contributed by atoms with van der Waals surface area (Å²) in [7, 11) is 0. The molecular weight excluding hydrogens is 320 g/mol. The van der Waals surface area contributed by atoms with E-state index in [0.29, 0.717) is 38.5 Å². The molecule has 0 unspecified atom stereocenters. The molecule has 0 atom stereocenters. The number of hydrogen-bond donors (Lipinski definition) is 1. The molecule has 7 heteroatoms. The standard InChI is InChI=1S/C18H26N4O3/c23-17(13-4-1-2-5-13)21-7-3-8-22(10-9-21)18(24)16-14-12-25-11-6-15(14)19-20-16/h13H,1-12H2,(H,19,20). The van der Waals surface area contributed by atoms with Gasteiger partial charge in [0.2, 0.25) is 5.91 Å². The highest BCUT2D eigenvalue weighted by atomic mass is 16.5. The molecule has 0 bridgehead atoms. The van der Waals surface area contributed by atoms with E-state index in [1.54, 1.807) is 0 Å². The van der Waals surface area contributed by atoms with Gasteiger partial charge in [0, 0.05) is 49.8 Å². The second-order valence-electron chi connectivity index (χ2n) is 7.28. The molecule has 1 aromatic heterocycles. The number of nitrogens with one attached hydrogen (secondary N) is 1. The van der Waals surface area contributed by atoms with E-state index in [1.165, 1.54) is 12.8 Å². The fraction of sp³-hybridized carbons (Fsp3) is 0.722. The van der Waals surface area contributed by atoms with Crippen LogP contribution in [0.3, 0.4) is 0 Å². The average Bonchev–Trinajstić information content (AvgIpc) is 3.25. The van der Waals surface area contributed by atoms with E-state index < -0.39 is 0 Å². The highest BCUT2D eigenvalue weighted by Gasteiger charge is 2.31. The molecule has 136 valence electrons. The smallest absolute Gasteiger partial charge is 0.274 e. The minimum Gasteiger partial charge on any atom is -0.376 e. The van der Waals surface area contributed by atoms with Crippen LogP contribution in [0.5, 0.6) is 0 Å². The van der Waals surface area contributed by atoms with E-state index in [-0.39, 0.29) is 17.7 Å². The molecule has 1 saturated carbocycles. The number of carbonyl (C=O) groups excluding carboxylic acids is 2. The Morgan fingerprint density at radius 1 is 1.04 bits per heavy atom. The van der Waals surface area contributed by atoms with Crippen LogP contribution in [0.4, 0.5) is 0 Å².